The van der Waals surface area contributed by atoms with Crippen LogP contribution in [0.4, 0.5) is 8.78 Å². The normalized spacial score (nSPS) is 9.88. The molecular formula is C77H64F2O16. The Morgan fingerprint density at radius 3 is 0.768 bits per heavy atom. The summed E-state index contributed by atoms with van der Waals surface area (Å²) in [4.78, 5) is 90.6. The van der Waals surface area contributed by atoms with Crippen molar-refractivity contribution in [1.82, 2.24) is 0 Å². The molecule has 0 spiro atoms. The average Bonchev–Trinajstić information content (AvgIpc) is 0.866. The van der Waals surface area contributed by atoms with E-state index in [1.165, 1.54) is 38.1 Å². The summed E-state index contributed by atoms with van der Waals surface area (Å²) in [5.41, 5.74) is 7.34. The standard InChI is InChI=1S/2C20H17FO4.C19H16O4.C18H14O4/c1-12(2)19(22)24-16-8-5-14(6-9-16)15-7-10-18(17(21)11-15)25-20(23)13(3)4;1-12(2)19(22)24-15-7-5-14(6-8-15)17-10-9-16(11-18(17)21)25-20(23)13(3)4;1-4-18(20)22-16-9-5-14(6-10-16)15-7-11-17(12-8-15)23-19(21)13(2)3;1-3-17(19)21-15-9-5-13(6-10-15)14-7-11-16(12-8-14)22-18(20)4-2/h2*5-11H,1,3H2,2,4H3;4-12H,1-2H2,3H3;3-12H,1-2H2. The summed E-state index contributed by atoms with van der Waals surface area (Å²) in [6, 6.07) is 49.6. The van der Waals surface area contributed by atoms with Gasteiger partial charge in [0.2, 0.25) is 0 Å². The van der Waals surface area contributed by atoms with Crippen molar-refractivity contribution >= 4 is 47.8 Å². The zero-order chi connectivity index (χ0) is 69.9. The van der Waals surface area contributed by atoms with Crippen LogP contribution in [0.5, 0.6) is 46.0 Å². The fourth-order valence-corrected chi connectivity index (χ4v) is 7.27. The maximum absolute atomic E-state index is 14.3. The number of carbonyl (C=O) groups excluding carboxylic acids is 8. The van der Waals surface area contributed by atoms with Gasteiger partial charge >= 0.3 is 47.8 Å². The molecule has 8 aromatic carbocycles. The molecule has 16 nitrogen and oxygen atoms in total. The van der Waals surface area contributed by atoms with Gasteiger partial charge < -0.3 is 37.9 Å². The van der Waals surface area contributed by atoms with Crippen LogP contribution < -0.4 is 37.9 Å². The number of hydrogen-bond acceptors (Lipinski definition) is 16. The molecule has 0 radical (unpaired) electrons. The predicted molar refractivity (Wildman–Crippen MR) is 357 cm³/mol. The van der Waals surface area contributed by atoms with E-state index in [0.717, 1.165) is 46.5 Å². The predicted octanol–water partition coefficient (Wildman–Crippen LogP) is 16.4. The largest absolute Gasteiger partial charge is 0.423 e. The second-order valence-electron chi connectivity index (χ2n) is 20.2. The number of halogens is 2. The Bertz CT molecular complexity index is 4170. The Morgan fingerprint density at radius 2 is 0.505 bits per heavy atom. The molecule has 0 aromatic heterocycles. The Hall–Kier alpha value is -12.7. The van der Waals surface area contributed by atoms with Crippen molar-refractivity contribution in [2.75, 3.05) is 0 Å². The number of rotatable bonds is 20. The molecule has 8 aromatic rings. The van der Waals surface area contributed by atoms with E-state index in [2.05, 4.69) is 52.6 Å². The van der Waals surface area contributed by atoms with Gasteiger partial charge in [-0.25, -0.2) is 47.1 Å². The third kappa shape index (κ3) is 23.6. The highest BCUT2D eigenvalue weighted by Crippen LogP contribution is 2.31. The van der Waals surface area contributed by atoms with E-state index < -0.39 is 59.4 Å². The van der Waals surface area contributed by atoms with Gasteiger partial charge in [-0.3, -0.25) is 0 Å². The Balaban J connectivity index is 0.000000230. The van der Waals surface area contributed by atoms with E-state index in [0.29, 0.717) is 67.9 Å². The van der Waals surface area contributed by atoms with Gasteiger partial charge in [0.05, 0.1) is 0 Å². The van der Waals surface area contributed by atoms with E-state index in [4.69, 9.17) is 37.9 Å². The Morgan fingerprint density at radius 1 is 0.274 bits per heavy atom. The van der Waals surface area contributed by atoms with Crippen molar-refractivity contribution in [3.05, 3.63) is 292 Å². The highest BCUT2D eigenvalue weighted by Gasteiger charge is 2.15. The van der Waals surface area contributed by atoms with E-state index >= 15 is 0 Å². The highest BCUT2D eigenvalue weighted by molar-refractivity contribution is 5.92. The van der Waals surface area contributed by atoms with Crippen LogP contribution in [0.25, 0.3) is 44.5 Å². The van der Waals surface area contributed by atoms with Crippen LogP contribution in [0.2, 0.25) is 0 Å². The molecule has 0 bridgehead atoms. The van der Waals surface area contributed by atoms with E-state index in [1.807, 2.05) is 48.5 Å². The zero-order valence-corrected chi connectivity index (χ0v) is 52.5. The Labute approximate surface area is 547 Å². The molecule has 482 valence electrons. The van der Waals surface area contributed by atoms with E-state index in [9.17, 15) is 47.1 Å². The van der Waals surface area contributed by atoms with Crippen molar-refractivity contribution in [3.8, 4) is 90.5 Å². The van der Waals surface area contributed by atoms with Gasteiger partial charge in [-0.2, -0.15) is 0 Å². The first-order chi connectivity index (χ1) is 45.2. The summed E-state index contributed by atoms with van der Waals surface area (Å²) in [6.07, 6.45) is 3.33. The minimum Gasteiger partial charge on any atom is -0.423 e. The van der Waals surface area contributed by atoms with Crippen LogP contribution in [0.1, 0.15) is 34.6 Å². The number of ether oxygens (including phenoxy) is 8. The lowest BCUT2D eigenvalue weighted by molar-refractivity contribution is -0.131. The Kier molecular flexibility index (Phi) is 27.4. The van der Waals surface area contributed by atoms with Crippen molar-refractivity contribution in [1.29, 1.82) is 0 Å². The number of hydrogen-bond donors (Lipinski definition) is 0. The molecule has 95 heavy (non-hydrogen) atoms. The van der Waals surface area contributed by atoms with Crippen LogP contribution in [-0.2, 0) is 38.4 Å². The molecule has 0 fully saturated rings. The molecule has 8 rings (SSSR count). The van der Waals surface area contributed by atoms with Gasteiger partial charge in [-0.05, 0) is 171 Å². The minimum atomic E-state index is -0.685. The van der Waals surface area contributed by atoms with Crippen LogP contribution in [0.3, 0.4) is 0 Å². The summed E-state index contributed by atoms with van der Waals surface area (Å²) >= 11 is 0. The van der Waals surface area contributed by atoms with Gasteiger partial charge in [0.15, 0.2) is 11.6 Å². The smallest absolute Gasteiger partial charge is 0.338 e. The molecule has 0 aliphatic rings. The van der Waals surface area contributed by atoms with Gasteiger partial charge in [-0.1, -0.05) is 131 Å². The van der Waals surface area contributed by atoms with Gasteiger partial charge in [0, 0.05) is 57.7 Å². The van der Waals surface area contributed by atoms with Crippen LogP contribution in [0.15, 0.2) is 281 Å². The quantitative estimate of drug-likeness (QED) is 0.0394. The third-order valence-electron chi connectivity index (χ3n) is 12.3. The molecule has 18 heteroatoms. The topological polar surface area (TPSA) is 210 Å². The monoisotopic (exact) mass is 1280 g/mol. The lowest BCUT2D eigenvalue weighted by atomic mass is 10.0. The lowest BCUT2D eigenvalue weighted by Crippen LogP contribution is -2.09. The molecule has 0 unspecified atom stereocenters. The van der Waals surface area contributed by atoms with E-state index in [-0.39, 0.29) is 28.2 Å². The first kappa shape index (κ1) is 73.0. The fourth-order valence-electron chi connectivity index (χ4n) is 7.27. The molecule has 0 saturated heterocycles. The molecule has 0 amide bonds. The maximum atomic E-state index is 14.3. The first-order valence-corrected chi connectivity index (χ1v) is 28.3. The molecular weight excluding hydrogens is 1220 g/mol. The van der Waals surface area contributed by atoms with Crippen molar-refractivity contribution in [2.45, 2.75) is 34.6 Å². The lowest BCUT2D eigenvalue weighted by Gasteiger charge is -2.08. The van der Waals surface area contributed by atoms with Crippen LogP contribution >= 0.6 is 0 Å². The number of esters is 8. The highest BCUT2D eigenvalue weighted by atomic mass is 19.1. The second kappa shape index (κ2) is 35.6. The van der Waals surface area contributed by atoms with Gasteiger partial charge in [0.25, 0.3) is 0 Å². The molecule has 0 heterocycles. The van der Waals surface area contributed by atoms with Crippen molar-refractivity contribution < 1.29 is 85.0 Å². The molecule has 0 aliphatic carbocycles. The second-order valence-corrected chi connectivity index (χ2v) is 20.2. The summed E-state index contributed by atoms with van der Waals surface area (Å²) < 4.78 is 68.6. The van der Waals surface area contributed by atoms with E-state index in [1.54, 1.807) is 124 Å². The minimum absolute atomic E-state index is 0.0984. The van der Waals surface area contributed by atoms with Crippen molar-refractivity contribution in [3.63, 3.8) is 0 Å². The summed E-state index contributed by atoms with van der Waals surface area (Å²) in [7, 11) is 0. The third-order valence-corrected chi connectivity index (χ3v) is 12.3. The first-order valence-electron chi connectivity index (χ1n) is 28.3. The molecule has 0 saturated carbocycles. The van der Waals surface area contributed by atoms with Crippen LogP contribution in [0, 0.1) is 11.6 Å². The van der Waals surface area contributed by atoms with Crippen LogP contribution in [-0.4, -0.2) is 47.8 Å². The average molecular weight is 1280 g/mol. The molecule has 0 aliphatic heterocycles. The van der Waals surface area contributed by atoms with Gasteiger partial charge in [0.1, 0.15) is 46.1 Å². The van der Waals surface area contributed by atoms with Gasteiger partial charge in [-0.15, -0.1) is 0 Å². The molecule has 0 atom stereocenters. The summed E-state index contributed by atoms with van der Waals surface area (Å²) in [5.74, 6) is -3.05. The fraction of sp³-hybridized carbons (Fsp3) is 0.0649. The molecule has 0 N–H and O–H groups in total. The number of benzene rings is 8. The maximum Gasteiger partial charge on any atom is 0.338 e. The zero-order valence-electron chi connectivity index (χ0n) is 52.5. The summed E-state index contributed by atoms with van der Waals surface area (Å²) in [6.45, 7) is 35.2. The SMILES string of the molecule is C=C(C)C(=O)Oc1ccc(-c2ccc(OC(=O)C(=C)C)c(F)c2)cc1.C=C(C)C(=O)Oc1ccc(-c2ccc(OC(=O)C(=C)C)cc2F)cc1.C=CC(=O)Oc1ccc(-c2ccc(OC(=O)C(=C)C)cc2)cc1.C=CC(=O)Oc1ccc(-c2ccc(OC(=O)C=C)cc2)cc1. The van der Waals surface area contributed by atoms with Crippen molar-refractivity contribution in [2.24, 2.45) is 0 Å². The summed E-state index contributed by atoms with van der Waals surface area (Å²) in [5, 5.41) is 0. The number of carbonyl (C=O) groups is 8.